The molecule has 0 heterocycles. The van der Waals surface area contributed by atoms with Crippen LogP contribution in [0, 0.1) is 34.4 Å². The summed E-state index contributed by atoms with van der Waals surface area (Å²) in [5.74, 6) is 1.05. The number of nitriles is 1. The zero-order valence-corrected chi connectivity index (χ0v) is 9.82. The van der Waals surface area contributed by atoms with Gasteiger partial charge in [0, 0.05) is 0 Å². The van der Waals surface area contributed by atoms with E-state index in [4.69, 9.17) is 0 Å². The van der Waals surface area contributed by atoms with Crippen molar-refractivity contribution < 1.29 is 4.39 Å². The SMILES string of the molecule is N#CC1(Cc2ccccc2F)CC2CCC1C2. The molecule has 2 bridgehead atoms. The van der Waals surface area contributed by atoms with E-state index in [-0.39, 0.29) is 11.2 Å². The Morgan fingerprint density at radius 1 is 1.35 bits per heavy atom. The van der Waals surface area contributed by atoms with Crippen LogP contribution in [0.25, 0.3) is 0 Å². The van der Waals surface area contributed by atoms with Crippen molar-refractivity contribution in [2.45, 2.75) is 32.1 Å². The molecule has 0 spiro atoms. The van der Waals surface area contributed by atoms with Crippen molar-refractivity contribution in [1.82, 2.24) is 0 Å². The van der Waals surface area contributed by atoms with Gasteiger partial charge < -0.3 is 0 Å². The lowest BCUT2D eigenvalue weighted by molar-refractivity contribution is 0.237. The molecule has 2 saturated carbocycles. The van der Waals surface area contributed by atoms with Crippen LogP contribution in [0.2, 0.25) is 0 Å². The van der Waals surface area contributed by atoms with Crippen molar-refractivity contribution in [3.8, 4) is 6.07 Å². The predicted octanol–water partition coefficient (Wildman–Crippen LogP) is 3.70. The van der Waals surface area contributed by atoms with Crippen LogP contribution in [0.5, 0.6) is 0 Å². The van der Waals surface area contributed by atoms with E-state index in [1.54, 1.807) is 6.07 Å². The van der Waals surface area contributed by atoms with Crippen molar-refractivity contribution in [3.63, 3.8) is 0 Å². The average molecular weight is 229 g/mol. The minimum atomic E-state index is -0.287. The lowest BCUT2D eigenvalue weighted by Gasteiger charge is -2.31. The van der Waals surface area contributed by atoms with Crippen molar-refractivity contribution in [2.24, 2.45) is 17.3 Å². The van der Waals surface area contributed by atoms with Crippen LogP contribution in [-0.4, -0.2) is 0 Å². The summed E-state index contributed by atoms with van der Waals surface area (Å²) in [6, 6.07) is 9.40. The molecule has 2 aliphatic rings. The fourth-order valence-electron chi connectivity index (χ4n) is 3.82. The molecule has 1 aromatic carbocycles. The molecule has 2 fully saturated rings. The summed E-state index contributed by atoms with van der Waals surface area (Å²) < 4.78 is 13.7. The van der Waals surface area contributed by atoms with E-state index >= 15 is 0 Å². The van der Waals surface area contributed by atoms with Crippen LogP contribution in [0.15, 0.2) is 24.3 Å². The first-order valence-electron chi connectivity index (χ1n) is 6.38. The van der Waals surface area contributed by atoms with Crippen LogP contribution in [0.3, 0.4) is 0 Å². The lowest BCUT2D eigenvalue weighted by Crippen LogP contribution is -2.28. The number of hydrogen-bond acceptors (Lipinski definition) is 1. The molecule has 1 aromatic rings. The fraction of sp³-hybridized carbons (Fsp3) is 0.533. The average Bonchev–Trinajstić information content (AvgIpc) is 2.93. The van der Waals surface area contributed by atoms with E-state index in [2.05, 4.69) is 6.07 Å². The largest absolute Gasteiger partial charge is 0.207 e. The maximum Gasteiger partial charge on any atom is 0.126 e. The second kappa shape index (κ2) is 3.84. The first-order valence-corrected chi connectivity index (χ1v) is 6.38. The summed E-state index contributed by atoms with van der Waals surface area (Å²) in [5, 5.41) is 9.52. The molecule has 0 aromatic heterocycles. The molecule has 0 aliphatic heterocycles. The molecule has 0 radical (unpaired) electrons. The van der Waals surface area contributed by atoms with Crippen molar-refractivity contribution >= 4 is 0 Å². The highest BCUT2D eigenvalue weighted by Crippen LogP contribution is 2.57. The molecule has 2 heteroatoms. The number of rotatable bonds is 2. The third-order valence-electron chi connectivity index (χ3n) is 4.66. The van der Waals surface area contributed by atoms with E-state index in [0.29, 0.717) is 23.8 Å². The molecule has 1 nitrogen and oxygen atoms in total. The Bertz CT molecular complexity index is 476. The van der Waals surface area contributed by atoms with Crippen molar-refractivity contribution in [1.29, 1.82) is 5.26 Å². The third kappa shape index (κ3) is 1.65. The first-order chi connectivity index (χ1) is 8.23. The van der Waals surface area contributed by atoms with Gasteiger partial charge in [0.1, 0.15) is 5.82 Å². The lowest BCUT2D eigenvalue weighted by atomic mass is 9.70. The molecule has 0 amide bonds. The molecule has 3 atom stereocenters. The standard InChI is InChI=1S/C15H16FN/c16-14-4-2-1-3-12(14)9-15(10-17)8-11-5-6-13(15)7-11/h1-4,11,13H,5-9H2. The Hall–Kier alpha value is -1.36. The quantitative estimate of drug-likeness (QED) is 0.758. The van der Waals surface area contributed by atoms with Gasteiger partial charge in [-0.3, -0.25) is 0 Å². The zero-order valence-electron chi connectivity index (χ0n) is 9.82. The predicted molar refractivity (Wildman–Crippen MR) is 63.6 cm³/mol. The molecule has 88 valence electrons. The Kier molecular flexibility index (Phi) is 2.43. The minimum Gasteiger partial charge on any atom is -0.207 e. The van der Waals surface area contributed by atoms with E-state index in [0.717, 1.165) is 12.8 Å². The zero-order chi connectivity index (χ0) is 11.9. The Labute approximate surface area is 101 Å². The Balaban J connectivity index is 1.89. The Morgan fingerprint density at radius 2 is 2.18 bits per heavy atom. The third-order valence-corrected chi connectivity index (χ3v) is 4.66. The van der Waals surface area contributed by atoms with Crippen LogP contribution in [0.4, 0.5) is 4.39 Å². The summed E-state index contributed by atoms with van der Waals surface area (Å²) in [5.41, 5.74) is 0.423. The summed E-state index contributed by atoms with van der Waals surface area (Å²) in [6.07, 6.45) is 5.18. The smallest absolute Gasteiger partial charge is 0.126 e. The second-order valence-corrected chi connectivity index (χ2v) is 5.62. The monoisotopic (exact) mass is 229 g/mol. The van der Waals surface area contributed by atoms with Gasteiger partial charge >= 0.3 is 0 Å². The number of benzene rings is 1. The second-order valence-electron chi connectivity index (χ2n) is 5.62. The molecule has 0 N–H and O–H groups in total. The van der Waals surface area contributed by atoms with Crippen LogP contribution in [0.1, 0.15) is 31.2 Å². The molecule has 3 rings (SSSR count). The summed E-state index contributed by atoms with van der Waals surface area (Å²) in [7, 11) is 0. The van der Waals surface area contributed by atoms with Crippen molar-refractivity contribution in [3.05, 3.63) is 35.6 Å². The minimum absolute atomic E-state index is 0.162. The van der Waals surface area contributed by atoms with E-state index in [1.807, 2.05) is 12.1 Å². The van der Waals surface area contributed by atoms with Gasteiger partial charge in [-0.25, -0.2) is 4.39 Å². The first kappa shape index (κ1) is 10.8. The molecule has 3 unspecified atom stereocenters. The highest BCUT2D eigenvalue weighted by Gasteiger charge is 2.51. The highest BCUT2D eigenvalue weighted by molar-refractivity contribution is 5.24. The van der Waals surface area contributed by atoms with Gasteiger partial charge in [-0.1, -0.05) is 24.6 Å². The molecular formula is C15H16FN. The molecule has 0 saturated heterocycles. The van der Waals surface area contributed by atoms with Gasteiger partial charge in [0.2, 0.25) is 0 Å². The molecular weight excluding hydrogens is 213 g/mol. The number of hydrogen-bond donors (Lipinski definition) is 0. The van der Waals surface area contributed by atoms with Crippen LogP contribution in [-0.2, 0) is 6.42 Å². The highest BCUT2D eigenvalue weighted by atomic mass is 19.1. The van der Waals surface area contributed by atoms with E-state index in [9.17, 15) is 9.65 Å². The summed E-state index contributed by atoms with van der Waals surface area (Å²) in [6.45, 7) is 0. The van der Waals surface area contributed by atoms with Crippen molar-refractivity contribution in [2.75, 3.05) is 0 Å². The molecule has 17 heavy (non-hydrogen) atoms. The van der Waals surface area contributed by atoms with Crippen LogP contribution < -0.4 is 0 Å². The number of halogens is 1. The molecule has 2 aliphatic carbocycles. The van der Waals surface area contributed by atoms with Crippen LogP contribution >= 0.6 is 0 Å². The normalized spacial score (nSPS) is 34.8. The topological polar surface area (TPSA) is 23.8 Å². The van der Waals surface area contributed by atoms with Gasteiger partial charge in [-0.15, -0.1) is 0 Å². The summed E-state index contributed by atoms with van der Waals surface area (Å²) >= 11 is 0. The van der Waals surface area contributed by atoms with Gasteiger partial charge in [0.25, 0.3) is 0 Å². The van der Waals surface area contributed by atoms with Gasteiger partial charge in [0.05, 0.1) is 11.5 Å². The van der Waals surface area contributed by atoms with E-state index < -0.39 is 0 Å². The fourth-order valence-corrected chi connectivity index (χ4v) is 3.82. The Morgan fingerprint density at radius 3 is 2.76 bits per heavy atom. The van der Waals surface area contributed by atoms with E-state index in [1.165, 1.54) is 18.9 Å². The number of nitrogens with zero attached hydrogens (tertiary/aromatic N) is 1. The van der Waals surface area contributed by atoms with Gasteiger partial charge in [0.15, 0.2) is 0 Å². The van der Waals surface area contributed by atoms with Gasteiger partial charge in [-0.2, -0.15) is 5.26 Å². The van der Waals surface area contributed by atoms with Gasteiger partial charge in [-0.05, 0) is 49.1 Å². The number of fused-ring (bicyclic) bond motifs is 2. The maximum atomic E-state index is 13.7. The summed E-state index contributed by atoms with van der Waals surface area (Å²) in [4.78, 5) is 0. The maximum absolute atomic E-state index is 13.7.